The Balaban J connectivity index is 1.78. The minimum absolute atomic E-state index is 0.0852. The van der Waals surface area contributed by atoms with Crippen molar-refractivity contribution < 1.29 is 0 Å². The second-order valence-corrected chi connectivity index (χ2v) is 30.0. The van der Waals surface area contributed by atoms with Crippen LogP contribution in [-0.4, -0.2) is 0 Å². The molecule has 0 aliphatic carbocycles. The second-order valence-electron chi connectivity index (χ2n) is 30.0. The van der Waals surface area contributed by atoms with Gasteiger partial charge in [0.05, 0.1) is 11.4 Å². The lowest BCUT2D eigenvalue weighted by molar-refractivity contribution is 0.567. The first-order chi connectivity index (χ1) is 33.1. The zero-order valence-electron chi connectivity index (χ0n) is 50.4. The first-order valence-electron chi connectivity index (χ1n) is 27.3. The van der Waals surface area contributed by atoms with Gasteiger partial charge in [-0.3, -0.25) is 0 Å². The van der Waals surface area contributed by atoms with E-state index in [2.05, 4.69) is 298 Å². The first-order valence-corrected chi connectivity index (χ1v) is 27.3. The van der Waals surface area contributed by atoms with E-state index in [-0.39, 0.29) is 43.3 Å². The number of hydrogen-bond acceptors (Lipinski definition) is 2. The van der Waals surface area contributed by atoms with Crippen molar-refractivity contribution >= 4 is 55.7 Å². The van der Waals surface area contributed by atoms with Gasteiger partial charge in [-0.15, -0.1) is 0 Å². The molecule has 7 rings (SSSR count). The highest BCUT2D eigenvalue weighted by atomic mass is 15.2. The average Bonchev–Trinajstić information content (AvgIpc) is 3.24. The SMILES string of the molecule is Cc1ccc2c(N(c3cc(C(C)(C)C)cc(C(C)(C)C)c3)c3cc(C(C)(C)C)cc(C(C)(C)C)c3)c3ccccc3c(N(c3cc(C(C)(C)C)cc(C(C)(C)C)c3)c3cc(C(C)(C)C)cc(C(C)(C)C)c3)c2c1. The predicted molar refractivity (Wildman–Crippen MR) is 325 cm³/mol. The Morgan fingerprint density at radius 3 is 0.658 bits per heavy atom. The number of aryl methyl sites for hydroxylation is 1. The molecule has 0 radical (unpaired) electrons. The van der Waals surface area contributed by atoms with Crippen LogP contribution >= 0.6 is 0 Å². The Kier molecular flexibility index (Phi) is 14.0. The third-order valence-electron chi connectivity index (χ3n) is 15.2. The molecule has 73 heavy (non-hydrogen) atoms. The molecule has 0 bridgehead atoms. The summed E-state index contributed by atoms with van der Waals surface area (Å²) in [5, 5.41) is 4.86. The Bertz CT molecular complexity index is 2910. The van der Waals surface area contributed by atoms with Crippen molar-refractivity contribution in [1.82, 2.24) is 0 Å². The molecule has 0 spiro atoms. The lowest BCUT2D eigenvalue weighted by atomic mass is 9.79. The van der Waals surface area contributed by atoms with Gasteiger partial charge in [0.2, 0.25) is 0 Å². The quantitative estimate of drug-likeness (QED) is 0.121. The number of anilines is 6. The summed E-state index contributed by atoms with van der Waals surface area (Å²) in [6.45, 7) is 58.9. The Labute approximate surface area is 445 Å². The molecular formula is C71H94N2. The van der Waals surface area contributed by atoms with E-state index >= 15 is 0 Å². The predicted octanol–water partition coefficient (Wildman–Crippen LogP) is 21.6. The van der Waals surface area contributed by atoms with Crippen molar-refractivity contribution in [2.75, 3.05) is 9.80 Å². The maximum absolute atomic E-state index is 2.66. The van der Waals surface area contributed by atoms with Gasteiger partial charge in [0.15, 0.2) is 0 Å². The molecule has 0 aliphatic heterocycles. The van der Waals surface area contributed by atoms with E-state index in [9.17, 15) is 0 Å². The number of nitrogens with zero attached hydrogens (tertiary/aromatic N) is 2. The van der Waals surface area contributed by atoms with E-state index in [4.69, 9.17) is 0 Å². The third kappa shape index (κ3) is 11.7. The third-order valence-corrected chi connectivity index (χ3v) is 15.2. The van der Waals surface area contributed by atoms with Crippen LogP contribution in [0.5, 0.6) is 0 Å². The summed E-state index contributed by atoms with van der Waals surface area (Å²) in [6, 6.07) is 46.3. The molecule has 0 fully saturated rings. The molecule has 0 heterocycles. The smallest absolute Gasteiger partial charge is 0.0620 e. The van der Waals surface area contributed by atoms with Crippen molar-refractivity contribution in [3.05, 3.63) is 165 Å². The highest BCUT2D eigenvalue weighted by Gasteiger charge is 2.33. The summed E-state index contributed by atoms with van der Waals surface area (Å²) in [5.74, 6) is 0. The number of hydrogen-bond donors (Lipinski definition) is 0. The molecule has 7 aromatic carbocycles. The maximum Gasteiger partial charge on any atom is 0.0620 e. The van der Waals surface area contributed by atoms with Crippen LogP contribution in [0.1, 0.15) is 216 Å². The molecular weight excluding hydrogens is 881 g/mol. The minimum atomic E-state index is -0.0857. The van der Waals surface area contributed by atoms with E-state index in [0.29, 0.717) is 0 Å². The van der Waals surface area contributed by atoms with Crippen molar-refractivity contribution in [2.45, 2.75) is 216 Å². The van der Waals surface area contributed by atoms with Crippen LogP contribution in [-0.2, 0) is 43.3 Å². The monoisotopic (exact) mass is 975 g/mol. The van der Waals surface area contributed by atoms with Gasteiger partial charge in [-0.1, -0.05) is 232 Å². The van der Waals surface area contributed by atoms with Gasteiger partial charge in [0.1, 0.15) is 0 Å². The molecule has 0 aromatic heterocycles. The van der Waals surface area contributed by atoms with Crippen molar-refractivity contribution in [1.29, 1.82) is 0 Å². The van der Waals surface area contributed by atoms with Crippen LogP contribution in [0.25, 0.3) is 21.5 Å². The van der Waals surface area contributed by atoms with Crippen LogP contribution in [0.15, 0.2) is 115 Å². The van der Waals surface area contributed by atoms with E-state index in [1.807, 2.05) is 0 Å². The van der Waals surface area contributed by atoms with Gasteiger partial charge in [0.25, 0.3) is 0 Å². The fraction of sp³-hybridized carbons (Fsp3) is 0.465. The zero-order chi connectivity index (χ0) is 54.6. The molecule has 0 saturated carbocycles. The Morgan fingerprint density at radius 1 is 0.233 bits per heavy atom. The molecule has 0 saturated heterocycles. The van der Waals surface area contributed by atoms with Crippen LogP contribution in [0, 0.1) is 6.92 Å². The summed E-state index contributed by atoms with van der Waals surface area (Å²) in [5.41, 5.74) is 18.3. The van der Waals surface area contributed by atoms with Gasteiger partial charge in [-0.05, 0) is 149 Å². The van der Waals surface area contributed by atoms with E-state index < -0.39 is 0 Å². The van der Waals surface area contributed by atoms with Gasteiger partial charge < -0.3 is 9.80 Å². The number of rotatable bonds is 6. The zero-order valence-corrected chi connectivity index (χ0v) is 50.4. The van der Waals surface area contributed by atoms with E-state index in [1.165, 1.54) is 106 Å². The lowest BCUT2D eigenvalue weighted by Crippen LogP contribution is -2.22. The summed E-state index contributed by atoms with van der Waals surface area (Å²) >= 11 is 0. The molecule has 0 atom stereocenters. The van der Waals surface area contributed by atoms with Crippen LogP contribution in [0.3, 0.4) is 0 Å². The average molecular weight is 976 g/mol. The van der Waals surface area contributed by atoms with Crippen molar-refractivity contribution in [3.63, 3.8) is 0 Å². The normalized spacial score (nSPS) is 13.5. The van der Waals surface area contributed by atoms with Gasteiger partial charge >= 0.3 is 0 Å². The molecule has 388 valence electrons. The largest absolute Gasteiger partial charge is 0.309 e. The second kappa shape index (κ2) is 18.5. The van der Waals surface area contributed by atoms with Crippen molar-refractivity contribution in [3.8, 4) is 0 Å². The molecule has 2 nitrogen and oxygen atoms in total. The molecule has 0 unspecified atom stereocenters. The molecule has 0 amide bonds. The fourth-order valence-corrected chi connectivity index (χ4v) is 9.97. The Hall–Kier alpha value is -5.34. The van der Waals surface area contributed by atoms with Gasteiger partial charge in [0, 0.05) is 44.3 Å². The standard InChI is InChI=1S/C71H94N2/c1-45-30-31-60-61(32-45)63(73(56-41-50(68(14,15)16)35-51(42-56)69(17,18)19)57-43-52(70(20,21)22)36-53(44-57)71(23,24)25)59-29-27-26-28-58(59)62(60)72(54-37-46(64(2,3)4)33-47(38-54)65(5,6)7)55-39-48(66(8,9)10)34-49(40-55)67(11,12)13/h26-44H,1-25H3. The fourth-order valence-electron chi connectivity index (χ4n) is 9.97. The summed E-state index contributed by atoms with van der Waals surface area (Å²) < 4.78 is 0. The maximum atomic E-state index is 2.66. The highest BCUT2D eigenvalue weighted by molar-refractivity contribution is 6.23. The molecule has 0 aliphatic rings. The lowest BCUT2D eigenvalue weighted by Gasteiger charge is -2.37. The number of fused-ring (bicyclic) bond motifs is 2. The van der Waals surface area contributed by atoms with Crippen LogP contribution in [0.4, 0.5) is 34.1 Å². The molecule has 0 N–H and O–H groups in total. The number of benzene rings is 7. The summed E-state index contributed by atoms with van der Waals surface area (Å²) in [4.78, 5) is 5.31. The summed E-state index contributed by atoms with van der Waals surface area (Å²) in [7, 11) is 0. The van der Waals surface area contributed by atoms with Crippen LogP contribution in [0.2, 0.25) is 0 Å². The molecule has 7 aromatic rings. The molecule has 2 heteroatoms. The van der Waals surface area contributed by atoms with E-state index in [1.54, 1.807) is 0 Å². The highest BCUT2D eigenvalue weighted by Crippen LogP contribution is 2.54. The van der Waals surface area contributed by atoms with E-state index in [0.717, 1.165) is 0 Å². The minimum Gasteiger partial charge on any atom is -0.309 e. The topological polar surface area (TPSA) is 6.48 Å². The summed E-state index contributed by atoms with van der Waals surface area (Å²) in [6.07, 6.45) is 0. The van der Waals surface area contributed by atoms with Gasteiger partial charge in [-0.2, -0.15) is 0 Å². The van der Waals surface area contributed by atoms with Crippen molar-refractivity contribution in [2.24, 2.45) is 0 Å². The van der Waals surface area contributed by atoms with Gasteiger partial charge in [-0.25, -0.2) is 0 Å². The Morgan fingerprint density at radius 2 is 0.438 bits per heavy atom. The first kappa shape index (κ1) is 55.4. The van der Waals surface area contributed by atoms with Crippen LogP contribution < -0.4 is 9.80 Å².